The van der Waals surface area contributed by atoms with Crippen LogP contribution in [-0.4, -0.2) is 22.6 Å². The lowest BCUT2D eigenvalue weighted by molar-refractivity contribution is -0.142. The summed E-state index contributed by atoms with van der Waals surface area (Å²) in [5.41, 5.74) is 3.78. The van der Waals surface area contributed by atoms with Crippen molar-refractivity contribution in [3.05, 3.63) is 126 Å². The van der Waals surface area contributed by atoms with E-state index < -0.39 is 5.54 Å². The molecular formula is C28H26N2O2. The van der Waals surface area contributed by atoms with E-state index in [9.17, 15) is 4.79 Å². The predicted octanol–water partition coefficient (Wildman–Crippen LogP) is 5.25. The molecule has 1 aliphatic carbocycles. The van der Waals surface area contributed by atoms with Crippen LogP contribution in [0.4, 0.5) is 0 Å². The Morgan fingerprint density at radius 3 is 1.75 bits per heavy atom. The molecular weight excluding hydrogens is 396 g/mol. The zero-order valence-corrected chi connectivity index (χ0v) is 18.3. The van der Waals surface area contributed by atoms with Gasteiger partial charge in [0.1, 0.15) is 5.54 Å². The normalized spacial score (nSPS) is 20.0. The van der Waals surface area contributed by atoms with Crippen LogP contribution in [0.2, 0.25) is 0 Å². The molecule has 3 aromatic carbocycles. The van der Waals surface area contributed by atoms with Crippen LogP contribution in [-0.2, 0) is 15.1 Å². The van der Waals surface area contributed by atoms with Crippen molar-refractivity contribution in [3.8, 4) is 0 Å². The van der Waals surface area contributed by atoms with Gasteiger partial charge in [-0.2, -0.15) is 0 Å². The maximum Gasteiger partial charge on any atom is 0.309 e. The lowest BCUT2D eigenvalue weighted by atomic mass is 9.77. The van der Waals surface area contributed by atoms with Crippen LogP contribution in [0.3, 0.4) is 0 Å². The molecule has 160 valence electrons. The second-order valence-corrected chi connectivity index (χ2v) is 8.45. The number of hydrogen-bond acceptors (Lipinski definition) is 3. The molecule has 1 aromatic heterocycles. The van der Waals surface area contributed by atoms with Gasteiger partial charge in [-0.1, -0.05) is 97.9 Å². The van der Waals surface area contributed by atoms with E-state index in [1.165, 1.54) is 7.11 Å². The van der Waals surface area contributed by atoms with Gasteiger partial charge in [0.2, 0.25) is 0 Å². The van der Waals surface area contributed by atoms with E-state index in [0.29, 0.717) is 0 Å². The quantitative estimate of drug-likeness (QED) is 0.315. The molecule has 0 bridgehead atoms. The van der Waals surface area contributed by atoms with Gasteiger partial charge in [0, 0.05) is 12.1 Å². The number of methoxy groups -OCH3 is 1. The summed E-state index contributed by atoms with van der Waals surface area (Å²) in [5.74, 6) is 0.0366. The summed E-state index contributed by atoms with van der Waals surface area (Å²) in [5, 5.41) is 0. The van der Waals surface area contributed by atoms with E-state index >= 15 is 0 Å². The average molecular weight is 423 g/mol. The molecule has 4 heteroatoms. The molecule has 32 heavy (non-hydrogen) atoms. The Balaban J connectivity index is 1.72. The first-order valence-corrected chi connectivity index (χ1v) is 11.0. The number of imidazole rings is 1. The average Bonchev–Trinajstić information content (AvgIpc) is 3.28. The Kier molecular flexibility index (Phi) is 5.14. The van der Waals surface area contributed by atoms with Gasteiger partial charge < -0.3 is 9.30 Å². The van der Waals surface area contributed by atoms with Crippen LogP contribution < -0.4 is 0 Å². The van der Waals surface area contributed by atoms with E-state index in [0.717, 1.165) is 22.4 Å². The third kappa shape index (κ3) is 3.14. The number of esters is 1. The molecule has 0 spiro atoms. The number of benzene rings is 3. The van der Waals surface area contributed by atoms with Crippen molar-refractivity contribution in [3.63, 3.8) is 0 Å². The fourth-order valence-electron chi connectivity index (χ4n) is 5.09. The first-order chi connectivity index (χ1) is 15.7. The van der Waals surface area contributed by atoms with Gasteiger partial charge in [-0.25, -0.2) is 4.98 Å². The van der Waals surface area contributed by atoms with Crippen LogP contribution in [0.25, 0.3) is 0 Å². The number of carbonyl (C=O) groups is 1. The summed E-state index contributed by atoms with van der Waals surface area (Å²) in [6.45, 7) is 2.09. The number of ether oxygens (including phenoxy) is 1. The Labute approximate surface area is 188 Å². The van der Waals surface area contributed by atoms with Crippen molar-refractivity contribution in [1.29, 1.82) is 0 Å². The van der Waals surface area contributed by atoms with Crippen molar-refractivity contribution in [2.75, 3.05) is 7.11 Å². The summed E-state index contributed by atoms with van der Waals surface area (Å²) in [6, 6.07) is 31.5. The van der Waals surface area contributed by atoms with E-state index in [4.69, 9.17) is 9.72 Å². The van der Waals surface area contributed by atoms with Crippen LogP contribution in [0.1, 0.15) is 35.2 Å². The van der Waals surface area contributed by atoms with Gasteiger partial charge in [-0.05, 0) is 22.6 Å². The second-order valence-electron chi connectivity index (χ2n) is 8.45. The highest BCUT2D eigenvalue weighted by molar-refractivity contribution is 5.77. The molecule has 0 radical (unpaired) electrons. The lowest BCUT2D eigenvalue weighted by Gasteiger charge is -2.37. The minimum atomic E-state index is -0.589. The third-order valence-corrected chi connectivity index (χ3v) is 6.76. The van der Waals surface area contributed by atoms with E-state index in [1.54, 1.807) is 0 Å². The van der Waals surface area contributed by atoms with Gasteiger partial charge in [-0.3, -0.25) is 4.79 Å². The molecule has 1 saturated carbocycles. The van der Waals surface area contributed by atoms with E-state index in [-0.39, 0.29) is 23.7 Å². The SMILES string of the molecule is COC(=O)C1C(C)C1c1cn(C(c2ccccc2)(c2ccccc2)c2ccccc2)cn1. The number of carbonyl (C=O) groups excluding carboxylic acids is 1. The topological polar surface area (TPSA) is 44.1 Å². The fourth-order valence-corrected chi connectivity index (χ4v) is 5.09. The standard InChI is InChI=1S/C28H26N2O2/c1-20-25(26(20)27(31)32-2)24-18-30(19-29-24)28(21-12-6-3-7-13-21,22-14-8-4-9-15-22)23-16-10-5-11-17-23/h3-20,25-26H,1-2H3. The Morgan fingerprint density at radius 1 is 0.844 bits per heavy atom. The summed E-state index contributed by atoms with van der Waals surface area (Å²) >= 11 is 0. The molecule has 0 N–H and O–H groups in total. The maximum absolute atomic E-state index is 12.2. The minimum absolute atomic E-state index is 0.0868. The van der Waals surface area contributed by atoms with Crippen LogP contribution in [0.15, 0.2) is 104 Å². The highest BCUT2D eigenvalue weighted by Gasteiger charge is 2.55. The summed E-state index contributed by atoms with van der Waals surface area (Å²) in [4.78, 5) is 17.0. The van der Waals surface area contributed by atoms with Gasteiger partial charge >= 0.3 is 5.97 Å². The second kappa shape index (κ2) is 8.12. The molecule has 1 fully saturated rings. The molecule has 1 aliphatic rings. The molecule has 0 aliphatic heterocycles. The van der Waals surface area contributed by atoms with Crippen molar-refractivity contribution in [2.24, 2.45) is 11.8 Å². The molecule has 4 nitrogen and oxygen atoms in total. The van der Waals surface area contributed by atoms with E-state index in [2.05, 4.69) is 90.5 Å². The summed E-state index contributed by atoms with van der Waals surface area (Å²) < 4.78 is 7.20. The molecule has 0 amide bonds. The first-order valence-electron chi connectivity index (χ1n) is 11.0. The van der Waals surface area contributed by atoms with Crippen molar-refractivity contribution >= 4 is 5.97 Å². The lowest BCUT2D eigenvalue weighted by Crippen LogP contribution is -2.36. The zero-order valence-electron chi connectivity index (χ0n) is 18.3. The predicted molar refractivity (Wildman–Crippen MR) is 124 cm³/mol. The highest BCUT2D eigenvalue weighted by atomic mass is 16.5. The summed E-state index contributed by atoms with van der Waals surface area (Å²) in [7, 11) is 1.45. The molecule has 3 unspecified atom stereocenters. The maximum atomic E-state index is 12.2. The number of nitrogens with zero attached hydrogens (tertiary/aromatic N) is 2. The smallest absolute Gasteiger partial charge is 0.309 e. The Morgan fingerprint density at radius 2 is 1.31 bits per heavy atom. The first kappa shape index (κ1) is 20.3. The third-order valence-electron chi connectivity index (χ3n) is 6.76. The van der Waals surface area contributed by atoms with Gasteiger partial charge in [0.15, 0.2) is 0 Å². The number of rotatable bonds is 6. The van der Waals surface area contributed by atoms with Gasteiger partial charge in [0.05, 0.1) is 25.0 Å². The fraction of sp³-hybridized carbons (Fsp3) is 0.214. The van der Waals surface area contributed by atoms with Crippen molar-refractivity contribution < 1.29 is 9.53 Å². The molecule has 3 atom stereocenters. The molecule has 0 saturated heterocycles. The van der Waals surface area contributed by atoms with Crippen LogP contribution in [0.5, 0.6) is 0 Å². The number of aromatic nitrogens is 2. The Bertz CT molecular complexity index is 1110. The Hall–Kier alpha value is -3.66. The molecule has 5 rings (SSSR count). The summed E-state index contributed by atoms with van der Waals surface area (Å²) in [6.07, 6.45) is 4.01. The molecule has 4 aromatic rings. The largest absolute Gasteiger partial charge is 0.469 e. The minimum Gasteiger partial charge on any atom is -0.469 e. The van der Waals surface area contributed by atoms with E-state index in [1.807, 2.05) is 24.5 Å². The van der Waals surface area contributed by atoms with Crippen molar-refractivity contribution in [2.45, 2.75) is 18.4 Å². The zero-order chi connectivity index (χ0) is 22.1. The van der Waals surface area contributed by atoms with Gasteiger partial charge in [0.25, 0.3) is 0 Å². The number of hydrogen-bond donors (Lipinski definition) is 0. The van der Waals surface area contributed by atoms with Crippen LogP contribution >= 0.6 is 0 Å². The highest BCUT2D eigenvalue weighted by Crippen LogP contribution is 2.54. The van der Waals surface area contributed by atoms with Crippen LogP contribution in [0, 0.1) is 11.8 Å². The van der Waals surface area contributed by atoms with Gasteiger partial charge in [-0.15, -0.1) is 0 Å². The monoisotopic (exact) mass is 422 g/mol. The molecule has 1 heterocycles. The van der Waals surface area contributed by atoms with Crippen molar-refractivity contribution in [1.82, 2.24) is 9.55 Å².